The highest BCUT2D eigenvalue weighted by atomic mass is 32.2. The minimum Gasteiger partial charge on any atom is -0.328 e. The summed E-state index contributed by atoms with van der Waals surface area (Å²) >= 11 is 5.28. The van der Waals surface area contributed by atoms with Crippen molar-refractivity contribution in [2.45, 2.75) is 36.3 Å². The maximum Gasteiger partial charge on any atom is 0.291 e. The number of hydrogen-bond donors (Lipinski definition) is 1. The highest BCUT2D eigenvalue weighted by Gasteiger charge is 1.99. The maximum absolute atomic E-state index is 11.2. The first-order valence-electron chi connectivity index (χ1n) is 11.0. The van der Waals surface area contributed by atoms with Gasteiger partial charge in [0.1, 0.15) is 0 Å². The first-order chi connectivity index (χ1) is 18.3. The minimum atomic E-state index is -1.50. The molecular weight excluding hydrogens is 557 g/mol. The van der Waals surface area contributed by atoms with Crippen LogP contribution in [-0.2, 0) is 10.8 Å². The summed E-state index contributed by atoms with van der Waals surface area (Å²) in [6.45, 7) is 1.43. The van der Waals surface area contributed by atoms with Crippen LogP contribution in [0.25, 0.3) is 0 Å². The molecule has 198 valence electrons. The Bertz CT molecular complexity index is 1260. The van der Waals surface area contributed by atoms with Crippen molar-refractivity contribution in [3.63, 3.8) is 0 Å². The van der Waals surface area contributed by atoms with E-state index in [0.29, 0.717) is 0 Å². The molecule has 38 heavy (non-hydrogen) atoms. The van der Waals surface area contributed by atoms with Gasteiger partial charge in [0.05, 0.1) is 6.07 Å². The van der Waals surface area contributed by atoms with Gasteiger partial charge in [-0.2, -0.15) is 5.26 Å². The number of nitriles is 1. The van der Waals surface area contributed by atoms with Crippen LogP contribution in [0.4, 0.5) is 0 Å². The Labute approximate surface area is 239 Å². The molecule has 0 aromatic heterocycles. The summed E-state index contributed by atoms with van der Waals surface area (Å²) in [7, 11) is -0.893. The van der Waals surface area contributed by atoms with Gasteiger partial charge in [0.25, 0.3) is 5.09 Å². The van der Waals surface area contributed by atoms with Gasteiger partial charge in [-0.05, 0) is 79.1 Å². The summed E-state index contributed by atoms with van der Waals surface area (Å²) in [6.07, 6.45) is 3.79. The zero-order valence-corrected chi connectivity index (χ0v) is 24.4. The molecule has 0 saturated carbocycles. The molecule has 4 aromatic rings. The van der Waals surface area contributed by atoms with E-state index in [2.05, 4.69) is 66.9 Å². The second kappa shape index (κ2) is 19.8. The van der Waals surface area contributed by atoms with Gasteiger partial charge in [0.2, 0.25) is 0 Å². The van der Waals surface area contributed by atoms with Gasteiger partial charge in [-0.1, -0.05) is 59.9 Å². The molecule has 6 nitrogen and oxygen atoms in total. The Hall–Kier alpha value is -3.23. The Kier molecular flexibility index (Phi) is 17.1. The molecule has 0 aliphatic rings. The van der Waals surface area contributed by atoms with Gasteiger partial charge < -0.3 is 5.21 Å². The predicted molar refractivity (Wildman–Crippen MR) is 158 cm³/mol. The second-order valence-corrected chi connectivity index (χ2v) is 11.4. The highest BCUT2D eigenvalue weighted by molar-refractivity contribution is 7.99. The van der Waals surface area contributed by atoms with Crippen LogP contribution in [0, 0.1) is 21.4 Å². The van der Waals surface area contributed by atoms with E-state index in [4.69, 9.17) is 20.6 Å². The van der Waals surface area contributed by atoms with Crippen molar-refractivity contribution in [1.82, 2.24) is 0 Å². The number of rotatable bonds is 6. The van der Waals surface area contributed by atoms with E-state index in [-0.39, 0.29) is 0 Å². The summed E-state index contributed by atoms with van der Waals surface area (Å²) in [5, 5.41) is 21.0. The minimum absolute atomic E-state index is 0.873. The molecule has 0 heterocycles. The average Bonchev–Trinajstić information content (AvgIpc) is 2.91. The van der Waals surface area contributed by atoms with Crippen LogP contribution in [0.2, 0.25) is 0 Å². The van der Waals surface area contributed by atoms with Crippen LogP contribution in [0.3, 0.4) is 0 Å². The fourth-order valence-electron chi connectivity index (χ4n) is 2.59. The molecule has 1 atom stereocenters. The molecule has 0 radical (unpaired) electrons. The number of benzene rings is 4. The van der Waals surface area contributed by atoms with E-state index in [0.717, 1.165) is 4.90 Å². The van der Waals surface area contributed by atoms with E-state index >= 15 is 0 Å². The molecule has 0 fully saturated rings. The van der Waals surface area contributed by atoms with E-state index in [9.17, 15) is 4.21 Å². The number of nitrogens with zero attached hydrogens (tertiary/aromatic N) is 2. The fraction of sp³-hybridized carbons (Fsp3) is 0.107. The third-order valence-electron chi connectivity index (χ3n) is 4.17. The average molecular weight is 585 g/mol. The first kappa shape index (κ1) is 32.8. The normalized spacial score (nSPS) is 10.1. The Balaban J connectivity index is 0.000000307. The van der Waals surface area contributed by atoms with Crippen molar-refractivity contribution >= 4 is 46.1 Å². The Morgan fingerprint density at radius 3 is 1.34 bits per heavy atom. The zero-order valence-electron chi connectivity index (χ0n) is 21.1. The van der Waals surface area contributed by atoms with Crippen molar-refractivity contribution in [2.75, 3.05) is 12.5 Å². The lowest BCUT2D eigenvalue weighted by atomic mass is 10.4. The zero-order chi connectivity index (χ0) is 28.2. The summed E-state index contributed by atoms with van der Waals surface area (Å²) in [4.78, 5) is 15.5. The molecule has 1 N–H and O–H groups in total. The molecule has 4 rings (SSSR count). The Morgan fingerprint density at radius 2 is 1.03 bits per heavy atom. The topological polar surface area (TPSA) is 104 Å². The fourth-order valence-corrected chi connectivity index (χ4v) is 5.20. The summed E-state index contributed by atoms with van der Waals surface area (Å²) < 4.78 is 11.2. The lowest BCUT2D eigenvalue weighted by Gasteiger charge is -2.02. The Morgan fingerprint density at radius 1 is 0.737 bits per heavy atom. The quantitative estimate of drug-likeness (QED) is 0.137. The molecule has 1 unspecified atom stereocenters. The van der Waals surface area contributed by atoms with Crippen LogP contribution in [-0.4, -0.2) is 27.0 Å². The number of thioether (sulfide) groups is 1. The van der Waals surface area contributed by atoms with Gasteiger partial charge in [0.15, 0.2) is 0 Å². The highest BCUT2D eigenvalue weighted by Crippen LogP contribution is 2.29. The number of hydrogen-bond acceptors (Lipinski definition) is 7. The lowest BCUT2D eigenvalue weighted by Crippen LogP contribution is -1.85. The molecule has 0 amide bonds. The van der Waals surface area contributed by atoms with Gasteiger partial charge >= 0.3 is 0 Å². The standard InChI is InChI=1S/C13H12OS2.C13H12S2.C2H3N.HNO3/c1-16(14)13-9-7-12(8-10-13)15-11-5-3-2-4-6-11;1-14-11-7-9-13(10-8-11)15-12-5-3-2-4-6-12;1-2-3;2-1(3)4/h2-10H,1H3;2-10H,1H3;1H3;(H,2,3,4). The SMILES string of the molecule is CC#N.CS(=O)c1ccc(Sc2ccccc2)cc1.CSc1ccc(Sc2ccccc2)cc1.O=[N+]([O-])O. The maximum atomic E-state index is 11.2. The second-order valence-electron chi connectivity index (χ2n) is 6.89. The van der Waals surface area contributed by atoms with Gasteiger partial charge in [0, 0.05) is 53.4 Å². The van der Waals surface area contributed by atoms with Gasteiger partial charge in [-0.25, -0.2) is 0 Å². The van der Waals surface area contributed by atoms with Crippen molar-refractivity contribution in [3.05, 3.63) is 119 Å². The van der Waals surface area contributed by atoms with Gasteiger partial charge in [-0.3, -0.25) is 4.21 Å². The molecule has 4 aromatic carbocycles. The monoisotopic (exact) mass is 584 g/mol. The molecule has 10 heteroatoms. The smallest absolute Gasteiger partial charge is 0.291 e. The van der Waals surface area contributed by atoms with Crippen LogP contribution < -0.4 is 0 Å². The third-order valence-corrected chi connectivity index (χ3v) is 7.88. The molecule has 0 aliphatic carbocycles. The lowest BCUT2D eigenvalue weighted by molar-refractivity contribution is -0.742. The largest absolute Gasteiger partial charge is 0.328 e. The van der Waals surface area contributed by atoms with E-state index in [1.54, 1.807) is 47.6 Å². The summed E-state index contributed by atoms with van der Waals surface area (Å²) in [5.74, 6) is 0. The molecule has 0 spiro atoms. The van der Waals surface area contributed by atoms with Crippen LogP contribution >= 0.6 is 35.3 Å². The predicted octanol–water partition coefficient (Wildman–Crippen LogP) is 8.32. The molecule has 0 aliphatic heterocycles. The first-order valence-corrected chi connectivity index (χ1v) is 15.4. The van der Waals surface area contributed by atoms with Crippen LogP contribution in [0.1, 0.15) is 6.92 Å². The van der Waals surface area contributed by atoms with E-state index in [1.807, 2.05) is 48.5 Å². The summed E-state index contributed by atoms with van der Waals surface area (Å²) in [6, 6.07) is 38.9. The molecule has 0 bridgehead atoms. The molecular formula is C28H28N2O4S4. The molecule has 0 saturated heterocycles. The van der Waals surface area contributed by atoms with E-state index < -0.39 is 15.9 Å². The van der Waals surface area contributed by atoms with Gasteiger partial charge in [-0.15, -0.1) is 21.9 Å². The van der Waals surface area contributed by atoms with Crippen molar-refractivity contribution < 1.29 is 14.5 Å². The van der Waals surface area contributed by atoms with Crippen molar-refractivity contribution in [2.24, 2.45) is 0 Å². The summed E-state index contributed by atoms with van der Waals surface area (Å²) in [5.41, 5.74) is 0. The van der Waals surface area contributed by atoms with Crippen LogP contribution in [0.5, 0.6) is 0 Å². The van der Waals surface area contributed by atoms with Crippen molar-refractivity contribution in [1.29, 1.82) is 5.26 Å². The van der Waals surface area contributed by atoms with Crippen molar-refractivity contribution in [3.8, 4) is 6.07 Å². The third kappa shape index (κ3) is 15.1. The van der Waals surface area contributed by atoms with E-state index in [1.165, 1.54) is 31.4 Å². The van der Waals surface area contributed by atoms with Crippen LogP contribution in [0.15, 0.2) is 139 Å².